The molecule has 0 radical (unpaired) electrons. The van der Waals surface area contributed by atoms with E-state index in [1.807, 2.05) is 13.8 Å². The van der Waals surface area contributed by atoms with Gasteiger partial charge in [0.1, 0.15) is 14.2 Å². The van der Waals surface area contributed by atoms with Gasteiger partial charge < -0.3 is 14.6 Å². The number of aliphatic hydroxyl groups excluding tert-OH is 1. The molecule has 1 N–H and O–H groups in total. The van der Waals surface area contributed by atoms with Crippen molar-refractivity contribution >= 4 is 8.07 Å². The monoisotopic (exact) mass is 308 g/mol. The van der Waals surface area contributed by atoms with Gasteiger partial charge in [-0.1, -0.05) is 26.7 Å². The van der Waals surface area contributed by atoms with Gasteiger partial charge in [0.2, 0.25) is 0 Å². The van der Waals surface area contributed by atoms with Crippen LogP contribution in [0.2, 0.25) is 18.1 Å². The first-order valence-electron chi connectivity index (χ1n) is 7.79. The van der Waals surface area contributed by atoms with Crippen LogP contribution in [0.4, 0.5) is 0 Å². The number of hydrogen-bond donors (Lipinski definition) is 1. The first-order chi connectivity index (χ1) is 9.82. The zero-order valence-corrected chi connectivity index (χ0v) is 15.0. The van der Waals surface area contributed by atoms with Gasteiger partial charge in [0.25, 0.3) is 0 Å². The lowest BCUT2D eigenvalue weighted by atomic mass is 9.94. The number of aliphatic hydroxyl groups is 1. The fourth-order valence-electron chi connectivity index (χ4n) is 2.85. The molecular weight excluding hydrogens is 280 g/mol. The van der Waals surface area contributed by atoms with Gasteiger partial charge in [-0.15, -0.1) is 17.9 Å². The van der Waals surface area contributed by atoms with Crippen molar-refractivity contribution in [1.29, 1.82) is 0 Å². The summed E-state index contributed by atoms with van der Waals surface area (Å²) in [6.45, 7) is 10.1. The minimum absolute atomic E-state index is 0.160. The predicted octanol–water partition coefficient (Wildman–Crippen LogP) is 2.94. The molecule has 0 aliphatic carbocycles. The van der Waals surface area contributed by atoms with Crippen LogP contribution >= 0.6 is 0 Å². The molecule has 21 heavy (non-hydrogen) atoms. The lowest BCUT2D eigenvalue weighted by molar-refractivity contribution is -0.155. The van der Waals surface area contributed by atoms with Gasteiger partial charge >= 0.3 is 0 Å². The van der Waals surface area contributed by atoms with E-state index in [1.54, 1.807) is 0 Å². The Morgan fingerprint density at radius 2 is 1.76 bits per heavy atom. The lowest BCUT2D eigenvalue weighted by Crippen LogP contribution is -2.41. The standard InChI is InChI=1S/C17H28O3Si/c1-7-17(15(14-18)19-16(5,6)20-17)12-11-13-21(8-2,9-3)10-4/h1,15,18H,8-10,12,14H2,2-6H3/t15-,17+/m1/s1. The Hall–Kier alpha value is -0.783. The molecule has 1 aliphatic rings. The van der Waals surface area contributed by atoms with E-state index in [9.17, 15) is 5.11 Å². The van der Waals surface area contributed by atoms with Crippen molar-refractivity contribution in [2.45, 2.75) is 76.7 Å². The minimum atomic E-state index is -1.49. The predicted molar refractivity (Wildman–Crippen MR) is 88.3 cm³/mol. The Morgan fingerprint density at radius 3 is 2.19 bits per heavy atom. The summed E-state index contributed by atoms with van der Waals surface area (Å²) in [6.07, 6.45) is 5.57. The molecule has 4 heteroatoms. The molecule has 3 nitrogen and oxygen atoms in total. The van der Waals surface area contributed by atoms with Crippen molar-refractivity contribution in [1.82, 2.24) is 0 Å². The van der Waals surface area contributed by atoms with Gasteiger partial charge in [-0.3, -0.25) is 0 Å². The maximum absolute atomic E-state index is 9.52. The van der Waals surface area contributed by atoms with Crippen LogP contribution in [0.25, 0.3) is 0 Å². The third-order valence-electron chi connectivity index (χ3n) is 4.52. The molecular formula is C17H28O3Si. The van der Waals surface area contributed by atoms with E-state index in [4.69, 9.17) is 15.9 Å². The summed E-state index contributed by atoms with van der Waals surface area (Å²) < 4.78 is 11.6. The maximum atomic E-state index is 9.52. The molecule has 0 bridgehead atoms. The number of rotatable bonds is 5. The van der Waals surface area contributed by atoms with Crippen LogP contribution in [0.3, 0.4) is 0 Å². The van der Waals surface area contributed by atoms with E-state index in [2.05, 4.69) is 38.2 Å². The Kier molecular flexibility index (Phi) is 6.08. The van der Waals surface area contributed by atoms with Gasteiger partial charge in [-0.2, -0.15) is 0 Å². The van der Waals surface area contributed by atoms with Crippen molar-refractivity contribution in [3.8, 4) is 23.8 Å². The van der Waals surface area contributed by atoms with Gasteiger partial charge in [0.15, 0.2) is 11.4 Å². The Bertz CT molecular complexity index is 443. The highest BCUT2D eigenvalue weighted by molar-refractivity contribution is 6.87. The number of terminal acetylenes is 1. The van der Waals surface area contributed by atoms with E-state index in [1.165, 1.54) is 0 Å². The largest absolute Gasteiger partial charge is 0.394 e. The number of ether oxygens (including phenoxy) is 2. The van der Waals surface area contributed by atoms with Crippen molar-refractivity contribution < 1.29 is 14.6 Å². The molecule has 1 fully saturated rings. The molecule has 1 saturated heterocycles. The molecule has 0 amide bonds. The molecule has 2 atom stereocenters. The summed E-state index contributed by atoms with van der Waals surface area (Å²) in [5, 5.41) is 9.52. The highest BCUT2D eigenvalue weighted by Crippen LogP contribution is 2.38. The summed E-state index contributed by atoms with van der Waals surface area (Å²) in [5.41, 5.74) is 2.57. The summed E-state index contributed by atoms with van der Waals surface area (Å²) >= 11 is 0. The summed E-state index contributed by atoms with van der Waals surface area (Å²) in [4.78, 5) is 0. The molecule has 1 heterocycles. The van der Waals surface area contributed by atoms with Crippen LogP contribution < -0.4 is 0 Å². The first-order valence-corrected chi connectivity index (χ1v) is 10.4. The second kappa shape index (κ2) is 6.98. The van der Waals surface area contributed by atoms with Gasteiger partial charge in [0, 0.05) is 0 Å². The van der Waals surface area contributed by atoms with Crippen LogP contribution in [-0.4, -0.2) is 37.3 Å². The third-order valence-corrected chi connectivity index (χ3v) is 9.29. The quantitative estimate of drug-likeness (QED) is 0.627. The fourth-order valence-corrected chi connectivity index (χ4v) is 5.35. The Morgan fingerprint density at radius 1 is 1.19 bits per heavy atom. The average Bonchev–Trinajstić information content (AvgIpc) is 2.75. The van der Waals surface area contributed by atoms with Gasteiger partial charge in [-0.25, -0.2) is 0 Å². The van der Waals surface area contributed by atoms with Crippen LogP contribution in [0, 0.1) is 23.8 Å². The third kappa shape index (κ3) is 3.90. The smallest absolute Gasteiger partial charge is 0.170 e. The lowest BCUT2D eigenvalue weighted by Gasteiger charge is -2.25. The Labute approximate surface area is 130 Å². The molecule has 0 saturated carbocycles. The topological polar surface area (TPSA) is 38.7 Å². The molecule has 1 aliphatic heterocycles. The Balaban J connectivity index is 2.97. The zero-order valence-electron chi connectivity index (χ0n) is 14.0. The normalized spacial score (nSPS) is 27.8. The van der Waals surface area contributed by atoms with Crippen LogP contribution in [0.5, 0.6) is 0 Å². The van der Waals surface area contributed by atoms with Crippen LogP contribution in [-0.2, 0) is 9.47 Å². The van der Waals surface area contributed by atoms with Crippen LogP contribution in [0.15, 0.2) is 0 Å². The minimum Gasteiger partial charge on any atom is -0.394 e. The molecule has 0 aromatic heterocycles. The van der Waals surface area contributed by atoms with Crippen molar-refractivity contribution in [3.63, 3.8) is 0 Å². The van der Waals surface area contributed by atoms with E-state index in [0.717, 1.165) is 18.1 Å². The van der Waals surface area contributed by atoms with E-state index in [-0.39, 0.29) is 6.61 Å². The molecule has 0 aromatic carbocycles. The van der Waals surface area contributed by atoms with Crippen LogP contribution in [0.1, 0.15) is 41.0 Å². The second-order valence-corrected chi connectivity index (χ2v) is 11.1. The summed E-state index contributed by atoms with van der Waals surface area (Å²) in [6, 6.07) is 3.47. The van der Waals surface area contributed by atoms with E-state index >= 15 is 0 Å². The zero-order chi connectivity index (χ0) is 16.1. The fraction of sp³-hybridized carbons (Fsp3) is 0.765. The highest BCUT2D eigenvalue weighted by Gasteiger charge is 2.51. The summed E-state index contributed by atoms with van der Waals surface area (Å²) in [7, 11) is -1.49. The molecule has 0 unspecified atom stereocenters. The average molecular weight is 308 g/mol. The van der Waals surface area contributed by atoms with Crippen molar-refractivity contribution in [2.24, 2.45) is 0 Å². The molecule has 1 rings (SSSR count). The van der Waals surface area contributed by atoms with E-state index in [0.29, 0.717) is 6.42 Å². The first kappa shape index (κ1) is 18.3. The number of hydrogen-bond acceptors (Lipinski definition) is 3. The highest BCUT2D eigenvalue weighted by atomic mass is 28.3. The SMILES string of the molecule is C#C[C@@]1(CC#C[Si](CC)(CC)CC)OC(C)(C)O[C@@H]1CO. The summed E-state index contributed by atoms with van der Waals surface area (Å²) in [5.74, 6) is 5.17. The van der Waals surface area contributed by atoms with E-state index < -0.39 is 25.6 Å². The van der Waals surface area contributed by atoms with Gasteiger partial charge in [0.05, 0.1) is 13.0 Å². The second-order valence-electron chi connectivity index (χ2n) is 6.14. The van der Waals surface area contributed by atoms with Crippen molar-refractivity contribution in [3.05, 3.63) is 0 Å². The van der Waals surface area contributed by atoms with Gasteiger partial charge in [-0.05, 0) is 32.0 Å². The molecule has 0 aromatic rings. The maximum Gasteiger partial charge on any atom is 0.170 e. The molecule has 0 spiro atoms. The molecule has 118 valence electrons. The van der Waals surface area contributed by atoms with Crippen molar-refractivity contribution in [2.75, 3.05) is 6.61 Å².